The zero-order chi connectivity index (χ0) is 25.5. The molecule has 4 rings (SSSR count). The first kappa shape index (κ1) is 25.8. The number of benzene rings is 1. The number of ether oxygens (including phenoxy) is 1. The number of pyridine rings is 1. The van der Waals surface area contributed by atoms with Crippen LogP contribution >= 0.6 is 11.6 Å². The van der Waals surface area contributed by atoms with Crippen LogP contribution in [0.15, 0.2) is 42.6 Å². The molecule has 0 unspecified atom stereocenters. The molecule has 1 aromatic carbocycles. The molecule has 10 heteroatoms. The van der Waals surface area contributed by atoms with Crippen LogP contribution in [0.3, 0.4) is 0 Å². The average Bonchev–Trinajstić information content (AvgIpc) is 3.27. The van der Waals surface area contributed by atoms with Crippen molar-refractivity contribution in [2.24, 2.45) is 0 Å². The van der Waals surface area contributed by atoms with Crippen molar-refractivity contribution in [3.8, 4) is 5.75 Å². The lowest BCUT2D eigenvalue weighted by molar-refractivity contribution is -0.130. The highest BCUT2D eigenvalue weighted by atomic mass is 35.5. The van der Waals surface area contributed by atoms with Gasteiger partial charge in [0, 0.05) is 43.3 Å². The Balaban J connectivity index is 1.34. The van der Waals surface area contributed by atoms with Crippen LogP contribution in [0.1, 0.15) is 42.9 Å². The highest BCUT2D eigenvalue weighted by Crippen LogP contribution is 2.20. The third kappa shape index (κ3) is 6.89. The summed E-state index contributed by atoms with van der Waals surface area (Å²) in [6.07, 6.45) is 6.22. The Morgan fingerprint density at radius 3 is 2.78 bits per heavy atom. The molecule has 1 saturated heterocycles. The summed E-state index contributed by atoms with van der Waals surface area (Å²) in [5.41, 5.74) is 2.81. The molecule has 0 N–H and O–H groups in total. The summed E-state index contributed by atoms with van der Waals surface area (Å²) in [4.78, 5) is 23.3. The number of halogens is 1. The second kappa shape index (κ2) is 12.1. The maximum Gasteiger partial charge on any atom is 0.246 e. The molecule has 1 amide bonds. The van der Waals surface area contributed by atoms with Crippen LogP contribution in [-0.2, 0) is 17.9 Å². The van der Waals surface area contributed by atoms with Gasteiger partial charge in [-0.05, 0) is 67.0 Å². The Hall–Kier alpha value is -3.30. The minimum Gasteiger partial charge on any atom is -0.492 e. The van der Waals surface area contributed by atoms with Crippen molar-refractivity contribution in [3.05, 3.63) is 70.3 Å². The predicted molar refractivity (Wildman–Crippen MR) is 139 cm³/mol. The van der Waals surface area contributed by atoms with E-state index in [2.05, 4.69) is 39.1 Å². The predicted octanol–water partition coefficient (Wildman–Crippen LogP) is 3.61. The molecule has 0 spiro atoms. The fourth-order valence-corrected chi connectivity index (χ4v) is 4.41. The monoisotopic (exact) mass is 509 g/mol. The molecule has 1 aliphatic heterocycles. The van der Waals surface area contributed by atoms with E-state index in [-0.39, 0.29) is 11.9 Å². The van der Waals surface area contributed by atoms with E-state index >= 15 is 0 Å². The number of amides is 1. The van der Waals surface area contributed by atoms with E-state index in [9.17, 15) is 4.79 Å². The van der Waals surface area contributed by atoms with Gasteiger partial charge in [0.1, 0.15) is 5.75 Å². The number of rotatable bonds is 9. The third-order valence-corrected chi connectivity index (χ3v) is 6.26. The standard InChI is InChI=1S/C26H32ClN7O2/c1-4-13-36-25-9-8-24(28-15-25)18-32-11-12-33(19(2)16-32)26(35)10-6-21-5-7-23(27)14-22(21)17-34-30-20(3)29-31-34/h5-10,14-15,19H,4,11-13,16-18H2,1-3H3/b10-6+/t19-/m1/s1. The van der Waals surface area contributed by atoms with E-state index in [1.807, 2.05) is 41.3 Å². The second-order valence-corrected chi connectivity index (χ2v) is 9.43. The van der Waals surface area contributed by atoms with Gasteiger partial charge in [0.15, 0.2) is 5.82 Å². The summed E-state index contributed by atoms with van der Waals surface area (Å²) in [5.74, 6) is 1.40. The zero-order valence-corrected chi connectivity index (χ0v) is 21.7. The summed E-state index contributed by atoms with van der Waals surface area (Å²) >= 11 is 6.21. The number of aryl methyl sites for hydroxylation is 1. The van der Waals surface area contributed by atoms with Crippen molar-refractivity contribution in [3.63, 3.8) is 0 Å². The number of carbonyl (C=O) groups is 1. The summed E-state index contributed by atoms with van der Waals surface area (Å²) in [6, 6.07) is 9.65. The van der Waals surface area contributed by atoms with Crippen LogP contribution in [0.4, 0.5) is 0 Å². The number of piperazine rings is 1. The Kier molecular flexibility index (Phi) is 8.66. The minimum atomic E-state index is -0.00618. The van der Waals surface area contributed by atoms with Crippen molar-refractivity contribution >= 4 is 23.6 Å². The van der Waals surface area contributed by atoms with Crippen LogP contribution in [-0.4, -0.2) is 73.2 Å². The highest BCUT2D eigenvalue weighted by Gasteiger charge is 2.26. The van der Waals surface area contributed by atoms with Gasteiger partial charge < -0.3 is 9.64 Å². The fraction of sp³-hybridized carbons (Fsp3) is 0.423. The van der Waals surface area contributed by atoms with Crippen molar-refractivity contribution in [2.45, 2.75) is 46.3 Å². The molecule has 36 heavy (non-hydrogen) atoms. The van der Waals surface area contributed by atoms with Gasteiger partial charge in [-0.25, -0.2) is 0 Å². The summed E-state index contributed by atoms with van der Waals surface area (Å²) in [5, 5.41) is 12.8. The lowest BCUT2D eigenvalue weighted by Gasteiger charge is -2.39. The summed E-state index contributed by atoms with van der Waals surface area (Å²) in [6.45, 7) is 10.1. The number of carbonyl (C=O) groups excluding carboxylic acids is 1. The Bertz CT molecular complexity index is 1200. The molecule has 3 aromatic rings. The molecule has 3 heterocycles. The van der Waals surface area contributed by atoms with Gasteiger partial charge >= 0.3 is 0 Å². The van der Waals surface area contributed by atoms with Crippen molar-refractivity contribution in [1.29, 1.82) is 0 Å². The first-order valence-electron chi connectivity index (χ1n) is 12.2. The van der Waals surface area contributed by atoms with Gasteiger partial charge in [0.2, 0.25) is 5.91 Å². The van der Waals surface area contributed by atoms with Crippen molar-refractivity contribution in [2.75, 3.05) is 26.2 Å². The molecule has 9 nitrogen and oxygen atoms in total. The number of tetrazole rings is 1. The van der Waals surface area contributed by atoms with Gasteiger partial charge in [-0.2, -0.15) is 4.80 Å². The van der Waals surface area contributed by atoms with E-state index in [0.29, 0.717) is 30.5 Å². The molecule has 0 bridgehead atoms. The molecule has 0 saturated carbocycles. The number of aromatic nitrogens is 5. The van der Waals surface area contributed by atoms with E-state index < -0.39 is 0 Å². The minimum absolute atomic E-state index is 0.00618. The van der Waals surface area contributed by atoms with E-state index in [1.165, 1.54) is 4.80 Å². The van der Waals surface area contributed by atoms with Gasteiger partial charge in [-0.15, -0.1) is 10.2 Å². The second-order valence-electron chi connectivity index (χ2n) is 8.99. The molecular weight excluding hydrogens is 478 g/mol. The summed E-state index contributed by atoms with van der Waals surface area (Å²) in [7, 11) is 0. The quantitative estimate of drug-likeness (QED) is 0.407. The molecule has 0 aliphatic carbocycles. The third-order valence-electron chi connectivity index (χ3n) is 6.03. The number of nitrogens with zero attached hydrogens (tertiary/aromatic N) is 7. The lowest BCUT2D eigenvalue weighted by Crippen LogP contribution is -2.53. The Morgan fingerprint density at radius 2 is 2.08 bits per heavy atom. The summed E-state index contributed by atoms with van der Waals surface area (Å²) < 4.78 is 5.61. The van der Waals surface area contributed by atoms with Gasteiger partial charge in [-0.3, -0.25) is 14.7 Å². The molecule has 1 aliphatic rings. The first-order valence-corrected chi connectivity index (χ1v) is 12.6. The number of hydrogen-bond donors (Lipinski definition) is 0. The maximum atomic E-state index is 13.0. The Labute approximate surface area is 216 Å². The topological polar surface area (TPSA) is 89.3 Å². The molecule has 190 valence electrons. The Morgan fingerprint density at radius 1 is 1.22 bits per heavy atom. The van der Waals surface area contributed by atoms with Crippen LogP contribution in [0, 0.1) is 6.92 Å². The van der Waals surface area contributed by atoms with Crippen LogP contribution < -0.4 is 4.74 Å². The zero-order valence-electron chi connectivity index (χ0n) is 21.0. The normalized spacial score (nSPS) is 16.6. The van der Waals surface area contributed by atoms with Gasteiger partial charge in [0.25, 0.3) is 0 Å². The molecule has 1 atom stereocenters. The van der Waals surface area contributed by atoms with Crippen molar-refractivity contribution in [1.82, 2.24) is 35.0 Å². The molecule has 0 radical (unpaired) electrons. The van der Waals surface area contributed by atoms with E-state index in [1.54, 1.807) is 19.2 Å². The average molecular weight is 510 g/mol. The molecule has 1 fully saturated rings. The van der Waals surface area contributed by atoms with E-state index in [4.69, 9.17) is 16.3 Å². The molecular formula is C26H32ClN7O2. The van der Waals surface area contributed by atoms with Gasteiger partial charge in [0.05, 0.1) is 25.0 Å². The van der Waals surface area contributed by atoms with Crippen molar-refractivity contribution < 1.29 is 9.53 Å². The van der Waals surface area contributed by atoms with Crippen LogP contribution in [0.2, 0.25) is 5.02 Å². The SMILES string of the molecule is CCCOc1ccc(CN2CCN(C(=O)/C=C/c3ccc(Cl)cc3Cn3nnc(C)n3)[C@H](C)C2)nc1. The highest BCUT2D eigenvalue weighted by molar-refractivity contribution is 6.30. The molecule has 2 aromatic heterocycles. The lowest BCUT2D eigenvalue weighted by atomic mass is 10.1. The smallest absolute Gasteiger partial charge is 0.246 e. The number of hydrogen-bond acceptors (Lipinski definition) is 7. The van der Waals surface area contributed by atoms with E-state index in [0.717, 1.165) is 48.6 Å². The maximum absolute atomic E-state index is 13.0. The van der Waals surface area contributed by atoms with Crippen LogP contribution in [0.25, 0.3) is 6.08 Å². The largest absolute Gasteiger partial charge is 0.492 e. The van der Waals surface area contributed by atoms with Crippen LogP contribution in [0.5, 0.6) is 5.75 Å². The fourth-order valence-electron chi connectivity index (χ4n) is 4.22. The van der Waals surface area contributed by atoms with Gasteiger partial charge in [-0.1, -0.05) is 24.6 Å². The first-order chi connectivity index (χ1) is 17.4.